The average molecular weight is 409 g/mol. The fourth-order valence-corrected chi connectivity index (χ4v) is 5.20. The van der Waals surface area contributed by atoms with Gasteiger partial charge in [-0.2, -0.15) is 13.1 Å². The molecule has 0 N–H and O–H groups in total. The Balaban J connectivity index is 1.64. The second kappa shape index (κ2) is 6.78. The molecule has 1 saturated heterocycles. The highest BCUT2D eigenvalue weighted by molar-refractivity contribution is 7.89. The molecular weight excluding hydrogens is 392 g/mol. The molecule has 2 aliphatic rings. The molecule has 0 radical (unpaired) electrons. The number of carbonyl (C=O) groups is 1. The summed E-state index contributed by atoms with van der Waals surface area (Å²) >= 11 is 0. The first-order valence-electron chi connectivity index (χ1n) is 8.60. The number of pyridine rings is 1. The van der Waals surface area contributed by atoms with Gasteiger partial charge in [0.25, 0.3) is 5.91 Å². The van der Waals surface area contributed by atoms with Crippen LogP contribution in [0.1, 0.15) is 27.7 Å². The van der Waals surface area contributed by atoms with Gasteiger partial charge in [0.15, 0.2) is 0 Å². The van der Waals surface area contributed by atoms with E-state index in [0.717, 1.165) is 11.6 Å². The van der Waals surface area contributed by atoms with Crippen molar-refractivity contribution < 1.29 is 26.7 Å². The highest BCUT2D eigenvalue weighted by Gasteiger charge is 2.44. The summed E-state index contributed by atoms with van der Waals surface area (Å²) in [5.41, 5.74) is 1.90. The Kier molecular flexibility index (Phi) is 4.54. The number of benzene rings is 1. The zero-order chi connectivity index (χ0) is 20.1. The molecule has 0 aliphatic carbocycles. The normalized spacial score (nSPS) is 19.6. The maximum atomic E-state index is 13.0. The lowest BCUT2D eigenvalue weighted by Gasteiger charge is -2.37. The minimum atomic E-state index is -3.93. The lowest BCUT2D eigenvalue weighted by molar-refractivity contribution is -0.0500. The van der Waals surface area contributed by atoms with E-state index in [4.69, 9.17) is 0 Å². The Labute approximate surface area is 160 Å². The summed E-state index contributed by atoms with van der Waals surface area (Å²) in [6, 6.07) is 6.37. The fourth-order valence-electron chi connectivity index (χ4n) is 3.73. The van der Waals surface area contributed by atoms with Crippen molar-refractivity contribution in [1.29, 1.82) is 0 Å². The molecule has 2 aliphatic heterocycles. The Bertz CT molecular complexity index is 1040. The summed E-state index contributed by atoms with van der Waals surface area (Å²) in [4.78, 5) is 18.3. The molecule has 1 amide bonds. The average Bonchev–Trinajstić information content (AvgIpc) is 2.95. The van der Waals surface area contributed by atoms with Gasteiger partial charge in [0.05, 0.1) is 22.2 Å². The summed E-state index contributed by atoms with van der Waals surface area (Å²) in [6.45, 7) is -0.850. The van der Waals surface area contributed by atoms with Gasteiger partial charge < -0.3 is 9.64 Å². The van der Waals surface area contributed by atoms with E-state index >= 15 is 0 Å². The number of hydrogen-bond acceptors (Lipinski definition) is 5. The number of hydrogen-bond donors (Lipinski definition) is 0. The van der Waals surface area contributed by atoms with Crippen molar-refractivity contribution >= 4 is 15.9 Å². The standard InChI is InChI=1S/C18H17F2N3O4S/c1-11-16-14(5-6-21-11)15-10-22(7-8-23(15)17(16)24)28(25,26)13-4-2-3-12(9-13)27-18(19)20/h2-6,9,15,18H,7-8,10H2,1H3. The monoisotopic (exact) mass is 409 g/mol. The first kappa shape index (κ1) is 18.8. The zero-order valence-electron chi connectivity index (χ0n) is 14.9. The first-order chi connectivity index (χ1) is 13.3. The van der Waals surface area contributed by atoms with Crippen LogP contribution in [-0.4, -0.2) is 54.8 Å². The topological polar surface area (TPSA) is 79.8 Å². The molecule has 0 bridgehead atoms. The predicted octanol–water partition coefficient (Wildman–Crippen LogP) is 2.19. The highest BCUT2D eigenvalue weighted by atomic mass is 32.2. The third kappa shape index (κ3) is 3.02. The maximum Gasteiger partial charge on any atom is 0.387 e. The number of halogens is 2. The van der Waals surface area contributed by atoms with Crippen LogP contribution in [0.5, 0.6) is 5.75 Å². The number of aryl methyl sites for hydroxylation is 1. The lowest BCUT2D eigenvalue weighted by Crippen LogP contribution is -2.49. The van der Waals surface area contributed by atoms with E-state index < -0.39 is 22.7 Å². The molecule has 148 valence electrons. The molecule has 1 fully saturated rings. The molecule has 0 saturated carbocycles. The highest BCUT2D eigenvalue weighted by Crippen LogP contribution is 2.38. The van der Waals surface area contributed by atoms with Crippen molar-refractivity contribution in [2.45, 2.75) is 24.5 Å². The largest absolute Gasteiger partial charge is 0.435 e. The van der Waals surface area contributed by atoms with Crippen LogP contribution in [0, 0.1) is 6.92 Å². The van der Waals surface area contributed by atoms with Crippen molar-refractivity contribution in [3.63, 3.8) is 0 Å². The van der Waals surface area contributed by atoms with E-state index in [0.29, 0.717) is 11.3 Å². The molecule has 1 aromatic heterocycles. The van der Waals surface area contributed by atoms with Gasteiger partial charge in [-0.25, -0.2) is 8.42 Å². The van der Waals surface area contributed by atoms with Gasteiger partial charge in [0.1, 0.15) is 5.75 Å². The van der Waals surface area contributed by atoms with Crippen molar-refractivity contribution in [3.05, 3.63) is 53.3 Å². The molecular formula is C18H17F2N3O4S. The van der Waals surface area contributed by atoms with E-state index in [1.54, 1.807) is 24.1 Å². The second-order valence-corrected chi connectivity index (χ2v) is 8.53. The lowest BCUT2D eigenvalue weighted by atomic mass is 10.0. The number of rotatable bonds is 4. The number of carbonyl (C=O) groups excluding carboxylic acids is 1. The van der Waals surface area contributed by atoms with E-state index in [9.17, 15) is 22.0 Å². The van der Waals surface area contributed by atoms with Crippen LogP contribution in [0.15, 0.2) is 41.4 Å². The van der Waals surface area contributed by atoms with Crippen molar-refractivity contribution in [2.24, 2.45) is 0 Å². The van der Waals surface area contributed by atoms with Crippen LogP contribution in [0.3, 0.4) is 0 Å². The molecule has 10 heteroatoms. The quantitative estimate of drug-likeness (QED) is 0.774. The van der Waals surface area contributed by atoms with Gasteiger partial charge in [0, 0.05) is 31.9 Å². The van der Waals surface area contributed by atoms with Gasteiger partial charge >= 0.3 is 6.61 Å². The summed E-state index contributed by atoms with van der Waals surface area (Å²) < 4.78 is 56.5. The van der Waals surface area contributed by atoms with E-state index in [-0.39, 0.29) is 36.2 Å². The number of fused-ring (bicyclic) bond motifs is 3. The summed E-state index contributed by atoms with van der Waals surface area (Å²) in [5.74, 6) is -0.368. The molecule has 4 rings (SSSR count). The number of alkyl halides is 2. The molecule has 28 heavy (non-hydrogen) atoms. The van der Waals surface area contributed by atoms with Crippen LogP contribution in [0.25, 0.3) is 0 Å². The number of amides is 1. The fraction of sp³-hybridized carbons (Fsp3) is 0.333. The summed E-state index contributed by atoms with van der Waals surface area (Å²) in [6.07, 6.45) is 1.60. The zero-order valence-corrected chi connectivity index (χ0v) is 15.7. The Hall–Kier alpha value is -2.59. The van der Waals surface area contributed by atoms with Crippen molar-refractivity contribution in [2.75, 3.05) is 19.6 Å². The van der Waals surface area contributed by atoms with Crippen LogP contribution >= 0.6 is 0 Å². The molecule has 1 atom stereocenters. The summed E-state index contributed by atoms with van der Waals surface area (Å²) in [5, 5.41) is 0. The molecule has 0 spiro atoms. The second-order valence-electron chi connectivity index (χ2n) is 6.59. The number of piperazine rings is 1. The van der Waals surface area contributed by atoms with Gasteiger partial charge in [-0.1, -0.05) is 6.07 Å². The van der Waals surface area contributed by atoms with E-state index in [1.807, 2.05) is 0 Å². The van der Waals surface area contributed by atoms with Crippen LogP contribution in [-0.2, 0) is 10.0 Å². The maximum absolute atomic E-state index is 13.0. The first-order valence-corrected chi connectivity index (χ1v) is 10.0. The minimum absolute atomic E-state index is 0.0878. The van der Waals surface area contributed by atoms with Crippen molar-refractivity contribution in [1.82, 2.24) is 14.2 Å². The molecule has 7 nitrogen and oxygen atoms in total. The van der Waals surface area contributed by atoms with Gasteiger partial charge in [0.2, 0.25) is 10.0 Å². The Morgan fingerprint density at radius 3 is 2.79 bits per heavy atom. The Morgan fingerprint density at radius 1 is 1.25 bits per heavy atom. The number of sulfonamides is 1. The van der Waals surface area contributed by atoms with Crippen LogP contribution in [0.2, 0.25) is 0 Å². The minimum Gasteiger partial charge on any atom is -0.435 e. The van der Waals surface area contributed by atoms with Gasteiger partial charge in [-0.3, -0.25) is 9.78 Å². The number of aromatic nitrogens is 1. The number of nitrogens with zero attached hydrogens (tertiary/aromatic N) is 3. The van der Waals surface area contributed by atoms with Crippen LogP contribution < -0.4 is 4.74 Å². The molecule has 1 aromatic carbocycles. The predicted molar refractivity (Wildman–Crippen MR) is 94.6 cm³/mol. The third-order valence-electron chi connectivity index (χ3n) is 5.02. The molecule has 2 aromatic rings. The van der Waals surface area contributed by atoms with Crippen molar-refractivity contribution in [3.8, 4) is 5.75 Å². The third-order valence-corrected chi connectivity index (χ3v) is 6.88. The van der Waals surface area contributed by atoms with Gasteiger partial charge in [-0.05, 0) is 30.7 Å². The Morgan fingerprint density at radius 2 is 2.04 bits per heavy atom. The molecule has 1 unspecified atom stereocenters. The van der Waals surface area contributed by atoms with Crippen LogP contribution in [0.4, 0.5) is 8.78 Å². The SMILES string of the molecule is Cc1nccc2c1C(=O)N1CCN(S(=O)(=O)c3cccc(OC(F)F)c3)CC21. The molecule has 3 heterocycles. The van der Waals surface area contributed by atoms with E-state index in [2.05, 4.69) is 9.72 Å². The van der Waals surface area contributed by atoms with Gasteiger partial charge in [-0.15, -0.1) is 0 Å². The smallest absolute Gasteiger partial charge is 0.387 e. The van der Waals surface area contributed by atoms with E-state index in [1.165, 1.54) is 22.5 Å². The summed E-state index contributed by atoms with van der Waals surface area (Å²) in [7, 11) is -3.93. The number of ether oxygens (including phenoxy) is 1.